The van der Waals surface area contributed by atoms with Crippen molar-refractivity contribution in [3.63, 3.8) is 0 Å². The molecule has 2 N–H and O–H groups in total. The van der Waals surface area contributed by atoms with Crippen LogP contribution >= 0.6 is 0 Å². The van der Waals surface area contributed by atoms with Gasteiger partial charge in [-0.15, -0.1) is 0 Å². The van der Waals surface area contributed by atoms with Gasteiger partial charge in [0.2, 0.25) is 0 Å². The van der Waals surface area contributed by atoms with Crippen LogP contribution in [0, 0.1) is 0 Å². The number of nitrogens with one attached hydrogen (secondary N) is 1. The summed E-state index contributed by atoms with van der Waals surface area (Å²) in [5.74, 6) is 0. The van der Waals surface area contributed by atoms with E-state index in [0.29, 0.717) is 0 Å². The smallest absolute Gasteiger partial charge is 0.0667 e. The monoisotopic (exact) mass is 213 g/mol. The number of nitrogens with zero attached hydrogens (tertiary/aromatic N) is 2. The van der Waals surface area contributed by atoms with Gasteiger partial charge in [0.05, 0.1) is 6.10 Å². The van der Waals surface area contributed by atoms with Crippen molar-refractivity contribution in [3.8, 4) is 0 Å². The van der Waals surface area contributed by atoms with Crippen LogP contribution in [0.4, 0.5) is 0 Å². The average molecular weight is 213 g/mol. The van der Waals surface area contributed by atoms with E-state index >= 15 is 0 Å². The Bertz CT molecular complexity index is 183. The zero-order chi connectivity index (χ0) is 10.5. The maximum atomic E-state index is 9.52. The van der Waals surface area contributed by atoms with Gasteiger partial charge in [-0.25, -0.2) is 5.01 Å². The van der Waals surface area contributed by atoms with Gasteiger partial charge in [-0.05, 0) is 32.2 Å². The summed E-state index contributed by atoms with van der Waals surface area (Å²) in [7, 11) is 0. The van der Waals surface area contributed by atoms with E-state index in [2.05, 4.69) is 15.3 Å². The van der Waals surface area contributed by atoms with Crippen LogP contribution in [0.2, 0.25) is 0 Å². The van der Waals surface area contributed by atoms with Gasteiger partial charge in [-0.3, -0.25) is 10.3 Å². The molecule has 2 fully saturated rings. The molecule has 0 aromatic heterocycles. The minimum Gasteiger partial charge on any atom is -0.392 e. The Labute approximate surface area is 92.2 Å². The van der Waals surface area contributed by atoms with Crippen LogP contribution in [0.3, 0.4) is 0 Å². The molecule has 0 aromatic carbocycles. The van der Waals surface area contributed by atoms with E-state index in [9.17, 15) is 5.11 Å². The molecule has 0 bridgehead atoms. The molecule has 2 aliphatic heterocycles. The molecule has 0 saturated carbocycles. The second-order valence-corrected chi connectivity index (χ2v) is 4.70. The van der Waals surface area contributed by atoms with Crippen molar-refractivity contribution in [2.24, 2.45) is 0 Å². The van der Waals surface area contributed by atoms with Gasteiger partial charge in [0.25, 0.3) is 0 Å². The van der Waals surface area contributed by atoms with E-state index in [-0.39, 0.29) is 6.10 Å². The first-order valence-electron chi connectivity index (χ1n) is 6.23. The lowest BCUT2D eigenvalue weighted by atomic mass is 10.1. The van der Waals surface area contributed by atoms with Crippen LogP contribution in [0.25, 0.3) is 0 Å². The highest BCUT2D eigenvalue weighted by Crippen LogP contribution is 2.09. The number of piperidine rings is 1. The molecule has 1 atom stereocenters. The molecule has 0 amide bonds. The van der Waals surface area contributed by atoms with Crippen LogP contribution in [0.15, 0.2) is 0 Å². The number of likely N-dealkylation sites (tertiary alicyclic amines) is 1. The fourth-order valence-electron chi connectivity index (χ4n) is 2.48. The fourth-order valence-corrected chi connectivity index (χ4v) is 2.48. The molecule has 2 heterocycles. The third-order valence-electron chi connectivity index (χ3n) is 3.35. The number of hydrogen-bond donors (Lipinski definition) is 2. The summed E-state index contributed by atoms with van der Waals surface area (Å²) < 4.78 is 0. The quantitative estimate of drug-likeness (QED) is 0.692. The number of β-amino-alcohol motifs (C(OH)–C–C–N with tert-alkyl or cyclic N) is 1. The first-order valence-corrected chi connectivity index (χ1v) is 6.23. The molecule has 4 nitrogen and oxygen atoms in total. The Hall–Kier alpha value is -0.160. The van der Waals surface area contributed by atoms with Gasteiger partial charge in [-0.1, -0.05) is 0 Å². The molecule has 88 valence electrons. The Morgan fingerprint density at radius 3 is 2.67 bits per heavy atom. The summed E-state index contributed by atoms with van der Waals surface area (Å²) >= 11 is 0. The Morgan fingerprint density at radius 2 is 1.93 bits per heavy atom. The third-order valence-corrected chi connectivity index (χ3v) is 3.35. The summed E-state index contributed by atoms with van der Waals surface area (Å²) in [6.45, 7) is 6.49. The maximum Gasteiger partial charge on any atom is 0.0667 e. The molecule has 0 spiro atoms. The zero-order valence-corrected chi connectivity index (χ0v) is 9.49. The highest BCUT2D eigenvalue weighted by Gasteiger charge is 2.17. The second-order valence-electron chi connectivity index (χ2n) is 4.70. The summed E-state index contributed by atoms with van der Waals surface area (Å²) in [5.41, 5.74) is 3.45. The first-order chi connectivity index (χ1) is 7.34. The molecule has 0 radical (unpaired) electrons. The molecule has 2 saturated heterocycles. The van der Waals surface area contributed by atoms with Crippen LogP contribution in [0.5, 0.6) is 0 Å². The third kappa shape index (κ3) is 3.72. The van der Waals surface area contributed by atoms with Crippen molar-refractivity contribution in [1.29, 1.82) is 0 Å². The van der Waals surface area contributed by atoms with Crippen molar-refractivity contribution in [2.45, 2.75) is 31.8 Å². The van der Waals surface area contributed by atoms with Crippen molar-refractivity contribution in [2.75, 3.05) is 39.3 Å². The number of rotatable bonds is 4. The average Bonchev–Trinajstić information content (AvgIpc) is 2.71. The summed E-state index contributed by atoms with van der Waals surface area (Å²) in [5, 5.41) is 11.8. The van der Waals surface area contributed by atoms with Gasteiger partial charge < -0.3 is 5.11 Å². The van der Waals surface area contributed by atoms with Gasteiger partial charge >= 0.3 is 0 Å². The molecule has 15 heavy (non-hydrogen) atoms. The molecule has 4 heteroatoms. The van der Waals surface area contributed by atoms with Crippen LogP contribution < -0.4 is 5.43 Å². The summed E-state index contributed by atoms with van der Waals surface area (Å²) in [6, 6.07) is 0. The molecule has 0 aliphatic carbocycles. The summed E-state index contributed by atoms with van der Waals surface area (Å²) in [4.78, 5) is 2.36. The highest BCUT2D eigenvalue weighted by molar-refractivity contribution is 4.72. The van der Waals surface area contributed by atoms with Crippen molar-refractivity contribution >= 4 is 0 Å². The van der Waals surface area contributed by atoms with Gasteiger partial charge in [0, 0.05) is 32.7 Å². The van der Waals surface area contributed by atoms with Crippen molar-refractivity contribution in [3.05, 3.63) is 0 Å². The van der Waals surface area contributed by atoms with E-state index in [1.54, 1.807) is 0 Å². The fraction of sp³-hybridized carbons (Fsp3) is 1.00. The lowest BCUT2D eigenvalue weighted by Gasteiger charge is -2.30. The number of hydrazine groups is 1. The van der Waals surface area contributed by atoms with Gasteiger partial charge in [-0.2, -0.15) is 0 Å². The Balaban J connectivity index is 1.56. The highest BCUT2D eigenvalue weighted by atomic mass is 16.3. The largest absolute Gasteiger partial charge is 0.392 e. The topological polar surface area (TPSA) is 38.7 Å². The van der Waals surface area contributed by atoms with Gasteiger partial charge in [0.15, 0.2) is 0 Å². The Kier molecular flexibility index (Phi) is 4.38. The van der Waals surface area contributed by atoms with Gasteiger partial charge in [0.1, 0.15) is 0 Å². The molecular weight excluding hydrogens is 190 g/mol. The van der Waals surface area contributed by atoms with Crippen LogP contribution in [-0.4, -0.2) is 60.4 Å². The molecule has 0 unspecified atom stereocenters. The lowest BCUT2D eigenvalue weighted by molar-refractivity contribution is 0.0676. The molecule has 0 aromatic rings. The van der Waals surface area contributed by atoms with E-state index < -0.39 is 0 Å². The van der Waals surface area contributed by atoms with E-state index in [4.69, 9.17) is 0 Å². The second kappa shape index (κ2) is 5.80. The van der Waals surface area contributed by atoms with E-state index in [1.807, 2.05) is 0 Å². The van der Waals surface area contributed by atoms with Crippen molar-refractivity contribution < 1.29 is 5.11 Å². The number of hydrogen-bond acceptors (Lipinski definition) is 4. The number of aliphatic hydroxyl groups excluding tert-OH is 1. The molecular formula is C11H23N3O. The molecule has 2 rings (SSSR count). The molecule has 2 aliphatic rings. The minimum atomic E-state index is -0.0921. The van der Waals surface area contributed by atoms with E-state index in [1.165, 1.54) is 25.9 Å². The predicted molar refractivity (Wildman–Crippen MR) is 60.5 cm³/mol. The standard InChI is InChI=1S/C11H23N3O/c15-11-4-3-6-13(10-11)9-5-12-14-7-1-2-8-14/h11-12,15H,1-10H2/t11-/m0/s1. The number of aliphatic hydroxyl groups is 1. The maximum absolute atomic E-state index is 9.52. The SMILES string of the molecule is O[C@H]1CCCN(CCNN2CCCC2)C1. The first kappa shape index (κ1) is 11.3. The minimum absolute atomic E-state index is 0.0921. The van der Waals surface area contributed by atoms with Crippen LogP contribution in [0.1, 0.15) is 25.7 Å². The predicted octanol–water partition coefficient (Wildman–Crippen LogP) is 0.0435. The lowest BCUT2D eigenvalue weighted by Crippen LogP contribution is -2.44. The van der Waals surface area contributed by atoms with Crippen molar-refractivity contribution in [1.82, 2.24) is 15.3 Å². The summed E-state index contributed by atoms with van der Waals surface area (Å²) in [6.07, 6.45) is 4.69. The normalized spacial score (nSPS) is 29.8. The Morgan fingerprint density at radius 1 is 1.13 bits per heavy atom. The van der Waals surface area contributed by atoms with E-state index in [0.717, 1.165) is 39.0 Å². The zero-order valence-electron chi connectivity index (χ0n) is 9.49. The van der Waals surface area contributed by atoms with Crippen LogP contribution in [-0.2, 0) is 0 Å².